The highest BCUT2D eigenvalue weighted by Crippen LogP contribution is 2.35. The number of benzene rings is 1. The Balaban J connectivity index is 2.83. The Morgan fingerprint density at radius 1 is 1.40 bits per heavy atom. The van der Waals surface area contributed by atoms with Crippen molar-refractivity contribution in [3.8, 4) is 5.75 Å². The van der Waals surface area contributed by atoms with Crippen molar-refractivity contribution in [1.29, 1.82) is 0 Å². The number of nitrogens with zero attached hydrogens (tertiary/aromatic N) is 2. The van der Waals surface area contributed by atoms with Gasteiger partial charge in [0.15, 0.2) is 5.75 Å². The topological polar surface area (TPSA) is 56.2 Å². The highest BCUT2D eigenvalue weighted by molar-refractivity contribution is 6.39. The smallest absolute Gasteiger partial charge is 0.262 e. The Labute approximate surface area is 126 Å². The lowest BCUT2D eigenvalue weighted by Crippen LogP contribution is -2.26. The van der Waals surface area contributed by atoms with Gasteiger partial charge in [0.25, 0.3) is 5.56 Å². The van der Waals surface area contributed by atoms with E-state index in [-0.39, 0.29) is 10.6 Å². The van der Waals surface area contributed by atoms with Crippen molar-refractivity contribution < 1.29 is 4.74 Å². The molecule has 0 saturated heterocycles. The maximum Gasteiger partial charge on any atom is 0.262 e. The van der Waals surface area contributed by atoms with E-state index in [1.807, 2.05) is 6.92 Å². The Kier molecular flexibility index (Phi) is 4.52. The third-order valence-corrected chi connectivity index (χ3v) is 3.62. The van der Waals surface area contributed by atoms with Gasteiger partial charge in [-0.05, 0) is 12.6 Å². The molecule has 0 saturated carbocycles. The number of aromatic nitrogens is 2. The highest BCUT2D eigenvalue weighted by atomic mass is 35.5. The lowest BCUT2D eigenvalue weighted by Gasteiger charge is -2.13. The van der Waals surface area contributed by atoms with Crippen LogP contribution in [0.3, 0.4) is 0 Å². The first kappa shape index (κ1) is 15.1. The minimum Gasteiger partial charge on any atom is -0.493 e. The first-order valence-electron chi connectivity index (χ1n) is 6.13. The summed E-state index contributed by atoms with van der Waals surface area (Å²) in [6.07, 6.45) is 0. The van der Waals surface area contributed by atoms with Gasteiger partial charge in [-0.1, -0.05) is 30.1 Å². The predicted molar refractivity (Wildman–Crippen MR) is 80.9 cm³/mol. The minimum absolute atomic E-state index is 0.220. The van der Waals surface area contributed by atoms with Gasteiger partial charge in [-0.25, -0.2) is 4.98 Å². The van der Waals surface area contributed by atoms with E-state index < -0.39 is 0 Å². The molecule has 5 nitrogen and oxygen atoms in total. The van der Waals surface area contributed by atoms with E-state index in [1.54, 1.807) is 7.05 Å². The van der Waals surface area contributed by atoms with Crippen LogP contribution in [0.4, 0.5) is 0 Å². The molecule has 0 aliphatic carbocycles. The molecule has 1 N–H and O–H groups in total. The molecule has 1 heterocycles. The van der Waals surface area contributed by atoms with Crippen LogP contribution in [-0.4, -0.2) is 23.2 Å². The van der Waals surface area contributed by atoms with Crippen molar-refractivity contribution in [2.75, 3.05) is 13.7 Å². The molecule has 0 aliphatic rings. The average Bonchev–Trinajstić information content (AvgIpc) is 2.41. The highest BCUT2D eigenvalue weighted by Gasteiger charge is 2.17. The Bertz CT molecular complexity index is 713. The zero-order valence-corrected chi connectivity index (χ0v) is 13.0. The molecule has 108 valence electrons. The molecule has 0 atom stereocenters. The summed E-state index contributed by atoms with van der Waals surface area (Å²) in [5.74, 6) is 0.961. The van der Waals surface area contributed by atoms with Gasteiger partial charge < -0.3 is 10.1 Å². The van der Waals surface area contributed by atoms with E-state index in [1.165, 1.54) is 17.7 Å². The summed E-state index contributed by atoms with van der Waals surface area (Å²) < 4.78 is 6.72. The second-order valence-electron chi connectivity index (χ2n) is 4.27. The Morgan fingerprint density at radius 2 is 2.10 bits per heavy atom. The van der Waals surface area contributed by atoms with Crippen molar-refractivity contribution in [3.05, 3.63) is 32.3 Å². The predicted octanol–water partition coefficient (Wildman–Crippen LogP) is 2.36. The molecule has 0 aliphatic heterocycles. The fourth-order valence-electron chi connectivity index (χ4n) is 1.98. The zero-order valence-electron chi connectivity index (χ0n) is 11.5. The third-order valence-electron chi connectivity index (χ3n) is 3.04. The second kappa shape index (κ2) is 5.99. The van der Waals surface area contributed by atoms with Crippen molar-refractivity contribution in [1.82, 2.24) is 14.9 Å². The van der Waals surface area contributed by atoms with Crippen molar-refractivity contribution in [2.45, 2.75) is 13.5 Å². The summed E-state index contributed by atoms with van der Waals surface area (Å²) in [5.41, 5.74) is 0.170. The van der Waals surface area contributed by atoms with Crippen LogP contribution in [0.5, 0.6) is 5.75 Å². The van der Waals surface area contributed by atoms with Crippen LogP contribution in [0.2, 0.25) is 10.0 Å². The van der Waals surface area contributed by atoms with Gasteiger partial charge in [-0.2, -0.15) is 0 Å². The molecular weight excluding hydrogens is 301 g/mol. The van der Waals surface area contributed by atoms with Crippen molar-refractivity contribution >= 4 is 34.1 Å². The van der Waals surface area contributed by atoms with Crippen LogP contribution in [0.1, 0.15) is 12.7 Å². The molecule has 7 heteroatoms. The van der Waals surface area contributed by atoms with E-state index in [0.29, 0.717) is 34.0 Å². The molecule has 0 radical (unpaired) electrons. The number of hydrogen-bond acceptors (Lipinski definition) is 4. The molecule has 2 aromatic rings. The number of hydrogen-bond donors (Lipinski definition) is 1. The molecule has 20 heavy (non-hydrogen) atoms. The standard InChI is InChI=1S/C13H15Cl2N3O2/c1-4-16-6-9-17-11-10(13(19)18(9)2)7(14)5-8(15)12(11)20-3/h5,16H,4,6H2,1-3H3. The average molecular weight is 316 g/mol. The van der Waals surface area contributed by atoms with Gasteiger partial charge in [-0.15, -0.1) is 0 Å². The van der Waals surface area contributed by atoms with E-state index in [9.17, 15) is 4.79 Å². The van der Waals surface area contributed by atoms with Crippen molar-refractivity contribution in [2.24, 2.45) is 7.05 Å². The normalized spacial score (nSPS) is 11.1. The molecule has 2 rings (SSSR count). The summed E-state index contributed by atoms with van der Waals surface area (Å²) in [7, 11) is 3.15. The van der Waals surface area contributed by atoms with Gasteiger partial charge in [0.1, 0.15) is 11.3 Å². The lowest BCUT2D eigenvalue weighted by molar-refractivity contribution is 0.418. The van der Waals surface area contributed by atoms with Gasteiger partial charge in [-0.3, -0.25) is 9.36 Å². The van der Waals surface area contributed by atoms with Gasteiger partial charge >= 0.3 is 0 Å². The van der Waals surface area contributed by atoms with Crippen LogP contribution >= 0.6 is 23.2 Å². The zero-order chi connectivity index (χ0) is 14.9. The van der Waals surface area contributed by atoms with Crippen LogP contribution in [0.25, 0.3) is 10.9 Å². The van der Waals surface area contributed by atoms with E-state index in [4.69, 9.17) is 27.9 Å². The number of rotatable bonds is 4. The molecule has 0 spiro atoms. The first-order chi connectivity index (χ1) is 9.51. The van der Waals surface area contributed by atoms with E-state index in [0.717, 1.165) is 6.54 Å². The largest absolute Gasteiger partial charge is 0.493 e. The number of fused-ring (bicyclic) bond motifs is 1. The number of methoxy groups -OCH3 is 1. The fourth-order valence-corrected chi connectivity index (χ4v) is 2.59. The summed E-state index contributed by atoms with van der Waals surface area (Å²) in [6.45, 7) is 3.24. The molecular formula is C13H15Cl2N3O2. The summed E-state index contributed by atoms with van der Waals surface area (Å²) in [5, 5.41) is 4.06. The molecule has 0 bridgehead atoms. The van der Waals surface area contributed by atoms with Gasteiger partial charge in [0, 0.05) is 7.05 Å². The number of halogens is 2. The van der Waals surface area contributed by atoms with Crippen LogP contribution in [0, 0.1) is 0 Å². The van der Waals surface area contributed by atoms with Crippen LogP contribution in [0.15, 0.2) is 10.9 Å². The first-order valence-corrected chi connectivity index (χ1v) is 6.89. The summed E-state index contributed by atoms with van der Waals surface area (Å²) in [6, 6.07) is 1.50. The van der Waals surface area contributed by atoms with Crippen LogP contribution in [-0.2, 0) is 13.6 Å². The minimum atomic E-state index is -0.220. The molecule has 1 aromatic carbocycles. The lowest BCUT2D eigenvalue weighted by atomic mass is 10.2. The Morgan fingerprint density at radius 3 is 2.70 bits per heavy atom. The second-order valence-corrected chi connectivity index (χ2v) is 5.08. The van der Waals surface area contributed by atoms with Gasteiger partial charge in [0.2, 0.25) is 0 Å². The molecule has 0 amide bonds. The third kappa shape index (κ3) is 2.49. The quantitative estimate of drug-likeness (QED) is 0.941. The molecule has 0 unspecified atom stereocenters. The summed E-state index contributed by atoms with van der Waals surface area (Å²) >= 11 is 12.2. The molecule has 1 aromatic heterocycles. The van der Waals surface area contributed by atoms with E-state index >= 15 is 0 Å². The fraction of sp³-hybridized carbons (Fsp3) is 0.385. The maximum absolute atomic E-state index is 12.4. The Hall–Kier alpha value is -1.30. The number of ether oxygens (including phenoxy) is 1. The van der Waals surface area contributed by atoms with Crippen molar-refractivity contribution in [3.63, 3.8) is 0 Å². The number of nitrogens with one attached hydrogen (secondary N) is 1. The maximum atomic E-state index is 12.4. The van der Waals surface area contributed by atoms with Gasteiger partial charge in [0.05, 0.1) is 29.1 Å². The SMILES string of the molecule is CCNCc1nc2c(OC)c(Cl)cc(Cl)c2c(=O)n1C. The van der Waals surface area contributed by atoms with E-state index in [2.05, 4.69) is 10.3 Å². The van der Waals surface area contributed by atoms with Crippen LogP contribution < -0.4 is 15.6 Å². The monoisotopic (exact) mass is 315 g/mol. The molecule has 0 fully saturated rings. The summed E-state index contributed by atoms with van der Waals surface area (Å²) in [4.78, 5) is 16.9.